The first-order valence-corrected chi connectivity index (χ1v) is 9.75. The van der Waals surface area contributed by atoms with E-state index in [2.05, 4.69) is 26.1 Å². The second-order valence-corrected chi connectivity index (χ2v) is 8.67. The quantitative estimate of drug-likeness (QED) is 0.559. The molecule has 0 aromatic heterocycles. The molecule has 0 spiro atoms. The lowest BCUT2D eigenvalue weighted by Gasteiger charge is -2.38. The van der Waals surface area contributed by atoms with E-state index in [9.17, 15) is 4.89 Å². The highest BCUT2D eigenvalue weighted by Gasteiger charge is 2.35. The van der Waals surface area contributed by atoms with Gasteiger partial charge in [-0.2, -0.15) is 0 Å². The summed E-state index contributed by atoms with van der Waals surface area (Å²) in [6, 6.07) is 0. The van der Waals surface area contributed by atoms with Crippen LogP contribution in [0.1, 0.15) is 40.0 Å². The minimum absolute atomic E-state index is 0.0363. The van der Waals surface area contributed by atoms with Crippen LogP contribution in [0.15, 0.2) is 0 Å². The third-order valence-corrected chi connectivity index (χ3v) is 5.46. The Labute approximate surface area is 122 Å². The van der Waals surface area contributed by atoms with Crippen molar-refractivity contribution in [3.63, 3.8) is 0 Å². The molecule has 0 aromatic rings. The van der Waals surface area contributed by atoms with E-state index in [1.165, 1.54) is 6.42 Å². The van der Waals surface area contributed by atoms with Crippen LogP contribution < -0.4 is 5.32 Å². The monoisotopic (exact) mass is 309 g/mol. The molecule has 0 radical (unpaired) electrons. The van der Waals surface area contributed by atoms with Crippen LogP contribution in [-0.2, 0) is 20.9 Å². The van der Waals surface area contributed by atoms with Crippen molar-refractivity contribution in [2.24, 2.45) is 17.8 Å². The van der Waals surface area contributed by atoms with Crippen LogP contribution in [0.3, 0.4) is 0 Å². The number of hydrogen-bond donors (Lipinski definition) is 2. The van der Waals surface area contributed by atoms with Crippen molar-refractivity contribution in [3.05, 3.63) is 0 Å². The van der Waals surface area contributed by atoms with E-state index in [-0.39, 0.29) is 6.10 Å². The average Bonchev–Trinajstić information content (AvgIpc) is 2.28. The summed E-state index contributed by atoms with van der Waals surface area (Å²) in [7, 11) is 1.84. The standard InChI is InChI=1S/C13H28NO3PS/c1-10(2)12-6-5-11(3)9-13(12)17-18(15,19)16-8-7-14-4/h10-14H,5-9H2,1-4H3,(H,15,19). The minimum atomic E-state index is -3.10. The van der Waals surface area contributed by atoms with Gasteiger partial charge in [-0.15, -0.1) is 0 Å². The van der Waals surface area contributed by atoms with Gasteiger partial charge in [-0.25, -0.2) is 0 Å². The van der Waals surface area contributed by atoms with Gasteiger partial charge in [0.1, 0.15) is 0 Å². The first-order chi connectivity index (χ1) is 8.85. The summed E-state index contributed by atoms with van der Waals surface area (Å²) in [6.45, 7) is 4.60. The fourth-order valence-corrected chi connectivity index (χ4v) is 4.22. The second kappa shape index (κ2) is 8.06. The third kappa shape index (κ3) is 6.19. The fraction of sp³-hybridized carbons (Fsp3) is 1.00. The van der Waals surface area contributed by atoms with Crippen LogP contribution in [-0.4, -0.2) is 31.2 Å². The topological polar surface area (TPSA) is 50.7 Å². The predicted molar refractivity (Wildman–Crippen MR) is 82.6 cm³/mol. The van der Waals surface area contributed by atoms with Gasteiger partial charge in [-0.1, -0.05) is 27.2 Å². The summed E-state index contributed by atoms with van der Waals surface area (Å²) < 4.78 is 11.1. The van der Waals surface area contributed by atoms with Gasteiger partial charge in [-0.05, 0) is 49.4 Å². The van der Waals surface area contributed by atoms with Crippen LogP contribution in [0, 0.1) is 17.8 Å². The molecule has 1 fully saturated rings. The maximum atomic E-state index is 10.1. The summed E-state index contributed by atoms with van der Waals surface area (Å²) in [4.78, 5) is 10.1. The lowest BCUT2D eigenvalue weighted by Crippen LogP contribution is -2.33. The average molecular weight is 309 g/mol. The Kier molecular flexibility index (Phi) is 7.44. The Bertz CT molecular complexity index is 314. The van der Waals surface area contributed by atoms with Gasteiger partial charge in [0.15, 0.2) is 0 Å². The van der Waals surface area contributed by atoms with Crippen LogP contribution >= 0.6 is 6.72 Å². The van der Waals surface area contributed by atoms with Crippen molar-refractivity contribution in [3.8, 4) is 0 Å². The van der Waals surface area contributed by atoms with Crippen molar-refractivity contribution in [1.29, 1.82) is 0 Å². The summed E-state index contributed by atoms with van der Waals surface area (Å²) in [5.74, 6) is 1.65. The van der Waals surface area contributed by atoms with E-state index in [4.69, 9.17) is 20.9 Å². The molecule has 1 aliphatic rings. The molecule has 0 saturated heterocycles. The molecular weight excluding hydrogens is 281 g/mol. The van der Waals surface area contributed by atoms with Gasteiger partial charge in [0, 0.05) is 6.54 Å². The molecule has 0 heterocycles. The molecule has 1 aliphatic carbocycles. The Balaban J connectivity index is 2.57. The van der Waals surface area contributed by atoms with Crippen LogP contribution in [0.5, 0.6) is 0 Å². The molecule has 1 rings (SSSR count). The summed E-state index contributed by atoms with van der Waals surface area (Å²) in [5.41, 5.74) is 0. The normalized spacial score (nSPS) is 31.4. The summed E-state index contributed by atoms with van der Waals surface area (Å²) in [5, 5.41) is 2.96. The van der Waals surface area contributed by atoms with E-state index in [1.54, 1.807) is 0 Å². The zero-order valence-corrected chi connectivity index (χ0v) is 14.2. The highest BCUT2D eigenvalue weighted by atomic mass is 32.5. The molecule has 4 atom stereocenters. The third-order valence-electron chi connectivity index (χ3n) is 3.84. The van der Waals surface area contributed by atoms with Gasteiger partial charge in [0.05, 0.1) is 12.7 Å². The van der Waals surface area contributed by atoms with Crippen molar-refractivity contribution >= 4 is 18.5 Å². The van der Waals surface area contributed by atoms with E-state index in [0.717, 1.165) is 12.8 Å². The van der Waals surface area contributed by atoms with Crippen LogP contribution in [0.25, 0.3) is 0 Å². The lowest BCUT2D eigenvalue weighted by atomic mass is 9.75. The lowest BCUT2D eigenvalue weighted by molar-refractivity contribution is 0.0294. The molecule has 0 bridgehead atoms. The van der Waals surface area contributed by atoms with Crippen molar-refractivity contribution < 1.29 is 13.9 Å². The molecule has 4 unspecified atom stereocenters. The molecule has 19 heavy (non-hydrogen) atoms. The SMILES string of the molecule is CNCCOP(O)(=S)OC1CC(C)CCC1C(C)C. The Hall–Kier alpha value is 0.490. The minimum Gasteiger partial charge on any atom is -0.324 e. The first-order valence-electron chi connectivity index (χ1n) is 7.16. The molecular formula is C13H28NO3PS. The zero-order chi connectivity index (χ0) is 14.5. The van der Waals surface area contributed by atoms with Gasteiger partial charge in [-0.3, -0.25) is 0 Å². The second-order valence-electron chi connectivity index (χ2n) is 5.88. The molecule has 0 aromatic carbocycles. The smallest absolute Gasteiger partial charge is 0.324 e. The maximum absolute atomic E-state index is 10.1. The molecule has 114 valence electrons. The number of hydrogen-bond acceptors (Lipinski definition) is 4. The molecule has 1 saturated carbocycles. The van der Waals surface area contributed by atoms with E-state index >= 15 is 0 Å². The summed E-state index contributed by atoms with van der Waals surface area (Å²) >= 11 is 5.11. The maximum Gasteiger partial charge on any atom is 0.324 e. The van der Waals surface area contributed by atoms with Crippen molar-refractivity contribution in [1.82, 2.24) is 5.32 Å². The molecule has 2 N–H and O–H groups in total. The van der Waals surface area contributed by atoms with Crippen molar-refractivity contribution in [2.45, 2.75) is 46.1 Å². The highest BCUT2D eigenvalue weighted by molar-refractivity contribution is 8.07. The van der Waals surface area contributed by atoms with E-state index in [0.29, 0.717) is 30.9 Å². The number of nitrogens with one attached hydrogen (secondary N) is 1. The van der Waals surface area contributed by atoms with Crippen LogP contribution in [0.2, 0.25) is 0 Å². The van der Waals surface area contributed by atoms with Gasteiger partial charge < -0.3 is 19.3 Å². The number of likely N-dealkylation sites (N-methyl/N-ethyl adjacent to an activating group) is 1. The molecule has 4 nitrogen and oxygen atoms in total. The highest BCUT2D eigenvalue weighted by Crippen LogP contribution is 2.49. The van der Waals surface area contributed by atoms with Crippen molar-refractivity contribution in [2.75, 3.05) is 20.2 Å². The van der Waals surface area contributed by atoms with Gasteiger partial charge in [0.25, 0.3) is 0 Å². The van der Waals surface area contributed by atoms with E-state index in [1.807, 2.05) is 7.05 Å². The summed E-state index contributed by atoms with van der Waals surface area (Å²) in [6.07, 6.45) is 3.39. The number of rotatable bonds is 7. The largest absolute Gasteiger partial charge is 0.324 e. The zero-order valence-electron chi connectivity index (χ0n) is 12.5. The van der Waals surface area contributed by atoms with Gasteiger partial charge in [0.2, 0.25) is 0 Å². The predicted octanol–water partition coefficient (Wildman–Crippen LogP) is 2.92. The molecule has 6 heteroatoms. The Morgan fingerprint density at radius 3 is 2.68 bits per heavy atom. The molecule has 0 amide bonds. The fourth-order valence-electron chi connectivity index (χ4n) is 2.70. The molecule has 0 aliphatic heterocycles. The first kappa shape index (κ1) is 17.5. The van der Waals surface area contributed by atoms with E-state index < -0.39 is 6.72 Å². The Morgan fingerprint density at radius 2 is 2.11 bits per heavy atom. The van der Waals surface area contributed by atoms with Crippen LogP contribution in [0.4, 0.5) is 0 Å². The van der Waals surface area contributed by atoms with Gasteiger partial charge >= 0.3 is 6.72 Å². The Morgan fingerprint density at radius 1 is 1.42 bits per heavy atom.